The van der Waals surface area contributed by atoms with E-state index in [0.717, 1.165) is 10.9 Å². The summed E-state index contributed by atoms with van der Waals surface area (Å²) in [5.74, 6) is -6.86. The molecule has 5 rings (SSSR count). The van der Waals surface area contributed by atoms with Crippen molar-refractivity contribution in [2.45, 2.75) is 132 Å². The van der Waals surface area contributed by atoms with Crippen LogP contribution < -0.4 is 43.0 Å². The summed E-state index contributed by atoms with van der Waals surface area (Å²) in [6.07, 6.45) is 2.55. The Hall–Kier alpha value is -5.47. The highest BCUT2D eigenvalue weighted by molar-refractivity contribution is 7.80. The first-order chi connectivity index (χ1) is 34.4. The molecule has 1 unspecified atom stereocenters. The van der Waals surface area contributed by atoms with E-state index in [0.29, 0.717) is 37.8 Å². The summed E-state index contributed by atoms with van der Waals surface area (Å²) >= 11 is 8.75. The molecule has 72 heavy (non-hydrogen) atoms. The van der Waals surface area contributed by atoms with Crippen molar-refractivity contribution < 1.29 is 53.4 Å². The first kappa shape index (κ1) is 57.4. The van der Waals surface area contributed by atoms with Gasteiger partial charge in [-0.1, -0.05) is 24.6 Å². The van der Waals surface area contributed by atoms with Gasteiger partial charge in [0.05, 0.1) is 18.5 Å². The number of nitrogens with zero attached hydrogens (tertiary/aromatic N) is 3. The quantitative estimate of drug-likeness (QED) is 0.0671. The van der Waals surface area contributed by atoms with Crippen molar-refractivity contribution in [2.24, 2.45) is 5.73 Å². The van der Waals surface area contributed by atoms with Crippen molar-refractivity contribution in [3.05, 3.63) is 36.0 Å². The molecule has 3 aliphatic heterocycles. The zero-order valence-electron chi connectivity index (χ0n) is 40.9. The fourth-order valence-corrected chi connectivity index (χ4v) is 9.85. The molecule has 9 amide bonds. The smallest absolute Gasteiger partial charge is 0.248 e. The van der Waals surface area contributed by atoms with Gasteiger partial charge in [-0.15, -0.1) is 0 Å². The number of aliphatic hydroxyl groups is 2. The number of nitrogens with one attached hydrogen (secondary N) is 8. The predicted molar refractivity (Wildman–Crippen MR) is 272 cm³/mol. The summed E-state index contributed by atoms with van der Waals surface area (Å²) in [4.78, 5) is 131. The second kappa shape index (κ2) is 28.1. The van der Waals surface area contributed by atoms with E-state index >= 15 is 0 Å². The third kappa shape index (κ3) is 16.0. The van der Waals surface area contributed by atoms with Gasteiger partial charge in [-0.05, 0) is 90.1 Å². The lowest BCUT2D eigenvalue weighted by Gasteiger charge is -2.31. The molecule has 0 saturated carbocycles. The van der Waals surface area contributed by atoms with Crippen molar-refractivity contribution in [1.82, 2.24) is 56.9 Å². The lowest BCUT2D eigenvalue weighted by molar-refractivity contribution is -0.143. The Labute approximate surface area is 429 Å². The standard InChI is InChI=1S/C47H72N12O11S2/c1-57(2)18-8-6-14-30-42(65)54-32(21-27-23-50-29-12-4-3-11-28(27)29)44(67)56-34(25-71)41(64)49-17-7-5-13-31(53-46(69)37-16-10-19-58(37)39(62)24-60)43(66)55-33(22-38(61)51-35(26-72)45(68)52-30)47(70)59-20-9-15-36(59)40(48)63/h3-4,11-12,23,30-37,45,50,52,60,68,71-72H,5-10,13-22,24-26H2,1-2H3,(H2,48,63)(H,49,64)(H,51,61)(H,53,69)(H,54,65)(H,55,66)(H,56,67)/t30-,31-,32-,33-,34-,35-,36-,37-,45?/m0/s1. The molecule has 4 heterocycles. The van der Waals surface area contributed by atoms with Gasteiger partial charge in [0.25, 0.3) is 0 Å². The zero-order valence-corrected chi connectivity index (χ0v) is 42.7. The number of H-pyrrole nitrogens is 1. The lowest BCUT2D eigenvalue weighted by Crippen LogP contribution is -2.61. The van der Waals surface area contributed by atoms with Gasteiger partial charge in [0, 0.05) is 54.7 Å². The number of aliphatic hydroxyl groups excluding tert-OH is 2. The maximum Gasteiger partial charge on any atom is 0.248 e. The molecule has 2 aromatic rings. The van der Waals surface area contributed by atoms with Gasteiger partial charge in [0.2, 0.25) is 53.2 Å². The van der Waals surface area contributed by atoms with E-state index in [1.165, 1.54) is 9.80 Å². The number of hydrogen-bond acceptors (Lipinski definition) is 15. The van der Waals surface area contributed by atoms with E-state index in [4.69, 9.17) is 5.73 Å². The molecular formula is C47H72N12O11S2. The van der Waals surface area contributed by atoms with Gasteiger partial charge in [0.1, 0.15) is 49.1 Å². The molecule has 25 heteroatoms. The number of fused-ring (bicyclic) bond motifs is 1. The first-order valence-corrected chi connectivity index (χ1v) is 25.9. The fourth-order valence-electron chi connectivity index (χ4n) is 9.31. The number of likely N-dealkylation sites (tertiary alicyclic amines) is 2. The van der Waals surface area contributed by atoms with E-state index in [1.54, 1.807) is 6.20 Å². The lowest BCUT2D eigenvalue weighted by atomic mass is 10.0. The fraction of sp³-hybridized carbons (Fsp3) is 0.638. The Morgan fingerprint density at radius 2 is 1.50 bits per heavy atom. The number of amides is 9. The number of aromatic nitrogens is 1. The number of benzene rings is 1. The van der Waals surface area contributed by atoms with Gasteiger partial charge < -0.3 is 67.5 Å². The SMILES string of the molecule is CN(C)CCCC[C@@H]1NC(O)[C@H](CS)NC(=O)C[C@@H](C(=O)N2CCC[C@H]2C(N)=O)NC(=O)[C@@H](NC(=O)[C@@H]2CCCN2C(=O)CO)CCCCNC(=O)[C@H](CS)NC(=O)[C@H](Cc2c[nH]c3ccccc23)NC1=O. The monoisotopic (exact) mass is 1040 g/mol. The van der Waals surface area contributed by atoms with Crippen molar-refractivity contribution >= 4 is 89.3 Å². The molecule has 9 atom stereocenters. The number of primary amides is 1. The highest BCUT2D eigenvalue weighted by Gasteiger charge is 2.41. The molecule has 3 aliphatic rings. The van der Waals surface area contributed by atoms with Crippen molar-refractivity contribution in [2.75, 3.05) is 58.4 Å². The topological polar surface area (TPSA) is 330 Å². The van der Waals surface area contributed by atoms with E-state index < -0.39 is 121 Å². The van der Waals surface area contributed by atoms with Crippen LogP contribution in [-0.4, -0.2) is 196 Å². The zero-order chi connectivity index (χ0) is 52.5. The van der Waals surface area contributed by atoms with Crippen LogP contribution in [0.15, 0.2) is 30.5 Å². The largest absolute Gasteiger partial charge is 0.387 e. The molecule has 0 bridgehead atoms. The van der Waals surface area contributed by atoms with Crippen LogP contribution in [0, 0.1) is 0 Å². The van der Waals surface area contributed by atoms with E-state index in [9.17, 15) is 53.4 Å². The van der Waals surface area contributed by atoms with Crippen LogP contribution in [0.4, 0.5) is 0 Å². The number of hydrogen-bond donors (Lipinski definition) is 13. The number of carbonyl (C=O) groups excluding carboxylic acids is 9. The Balaban J connectivity index is 1.48. The van der Waals surface area contributed by atoms with Gasteiger partial charge in [-0.2, -0.15) is 25.3 Å². The summed E-state index contributed by atoms with van der Waals surface area (Å²) < 4.78 is 0. The maximum absolute atomic E-state index is 14.4. The van der Waals surface area contributed by atoms with Crippen LogP contribution in [0.5, 0.6) is 0 Å². The summed E-state index contributed by atoms with van der Waals surface area (Å²) in [5.41, 5.74) is 7.16. The van der Waals surface area contributed by atoms with Crippen LogP contribution >= 0.6 is 25.3 Å². The van der Waals surface area contributed by atoms with Crippen LogP contribution in [0.3, 0.4) is 0 Å². The molecule has 0 radical (unpaired) electrons. The molecule has 0 aliphatic carbocycles. The molecule has 23 nitrogen and oxygen atoms in total. The highest BCUT2D eigenvalue weighted by atomic mass is 32.1. The average molecular weight is 1050 g/mol. The van der Waals surface area contributed by atoms with E-state index in [2.05, 4.69) is 67.5 Å². The Morgan fingerprint density at radius 1 is 0.806 bits per heavy atom. The number of carbonyl (C=O) groups is 9. The van der Waals surface area contributed by atoms with Crippen molar-refractivity contribution in [3.8, 4) is 0 Å². The molecule has 0 spiro atoms. The maximum atomic E-state index is 14.4. The third-order valence-electron chi connectivity index (χ3n) is 13.2. The second-order valence-electron chi connectivity index (χ2n) is 18.8. The number of para-hydroxylation sites is 1. The van der Waals surface area contributed by atoms with Crippen LogP contribution in [-0.2, 0) is 49.6 Å². The van der Waals surface area contributed by atoms with E-state index in [1.807, 2.05) is 43.3 Å². The van der Waals surface area contributed by atoms with Crippen LogP contribution in [0.2, 0.25) is 0 Å². The summed E-state index contributed by atoms with van der Waals surface area (Å²) in [5, 5.41) is 41.3. The predicted octanol–water partition coefficient (Wildman–Crippen LogP) is -2.85. The number of thiol groups is 2. The first-order valence-electron chi connectivity index (χ1n) is 24.6. The number of unbranched alkanes of at least 4 members (excludes halogenated alkanes) is 1. The molecule has 398 valence electrons. The molecule has 3 fully saturated rings. The average Bonchev–Trinajstić information content (AvgIpc) is 4.15. The van der Waals surface area contributed by atoms with E-state index in [-0.39, 0.29) is 76.1 Å². The summed E-state index contributed by atoms with van der Waals surface area (Å²) in [6, 6.07) is -2.27. The molecule has 1 aromatic heterocycles. The minimum Gasteiger partial charge on any atom is -0.387 e. The van der Waals surface area contributed by atoms with Gasteiger partial charge in [-0.3, -0.25) is 48.5 Å². The normalized spacial score (nSPS) is 26.9. The Bertz CT molecular complexity index is 2230. The summed E-state index contributed by atoms with van der Waals surface area (Å²) in [6.45, 7) is 0.220. The minimum absolute atomic E-state index is 0.00616. The van der Waals surface area contributed by atoms with Crippen molar-refractivity contribution in [1.29, 1.82) is 0 Å². The van der Waals surface area contributed by atoms with Gasteiger partial charge in [0.15, 0.2) is 0 Å². The number of nitrogens with two attached hydrogens (primary N) is 1. The molecular weight excluding hydrogens is 973 g/mol. The minimum atomic E-state index is -1.63. The Morgan fingerprint density at radius 3 is 2.19 bits per heavy atom. The highest BCUT2D eigenvalue weighted by Crippen LogP contribution is 2.22. The third-order valence-corrected chi connectivity index (χ3v) is 14.0. The molecule has 12 N–H and O–H groups in total. The Kier molecular flexibility index (Phi) is 22.4. The molecule has 3 saturated heterocycles. The van der Waals surface area contributed by atoms with Gasteiger partial charge in [-0.25, -0.2) is 0 Å². The van der Waals surface area contributed by atoms with Crippen molar-refractivity contribution in [3.63, 3.8) is 0 Å². The second-order valence-corrected chi connectivity index (χ2v) is 19.5. The van der Waals surface area contributed by atoms with Crippen LogP contribution in [0.1, 0.15) is 76.2 Å². The number of aromatic amines is 1. The van der Waals surface area contributed by atoms with Crippen LogP contribution in [0.25, 0.3) is 10.9 Å². The summed E-state index contributed by atoms with van der Waals surface area (Å²) in [7, 11) is 3.81. The van der Waals surface area contributed by atoms with Gasteiger partial charge >= 0.3 is 0 Å². The number of rotatable bonds is 14. The molecule has 1 aromatic carbocycles.